The van der Waals surface area contributed by atoms with Gasteiger partial charge in [-0.1, -0.05) is 24.3 Å². The molecule has 148 valence electrons. The summed E-state index contributed by atoms with van der Waals surface area (Å²) in [5.41, 5.74) is 2.27. The van der Waals surface area contributed by atoms with E-state index in [1.165, 1.54) is 0 Å². The lowest BCUT2D eigenvalue weighted by Crippen LogP contribution is -2.39. The molecule has 5 rings (SSSR count). The van der Waals surface area contributed by atoms with Gasteiger partial charge < -0.3 is 9.32 Å². The van der Waals surface area contributed by atoms with Crippen molar-refractivity contribution >= 4 is 38.6 Å². The molecule has 1 aliphatic rings. The summed E-state index contributed by atoms with van der Waals surface area (Å²) in [5, 5.41) is 1.00. The van der Waals surface area contributed by atoms with Crippen molar-refractivity contribution in [1.29, 1.82) is 0 Å². The number of amides is 1. The van der Waals surface area contributed by atoms with Crippen molar-refractivity contribution in [3.63, 3.8) is 0 Å². The third-order valence-electron chi connectivity index (χ3n) is 5.54. The highest BCUT2D eigenvalue weighted by Crippen LogP contribution is 2.36. The number of hydrogen-bond acceptors (Lipinski definition) is 5. The Labute approximate surface area is 171 Å². The van der Waals surface area contributed by atoms with Crippen LogP contribution < -0.4 is 5.76 Å². The van der Waals surface area contributed by atoms with Crippen LogP contribution in [0.15, 0.2) is 57.7 Å². The summed E-state index contributed by atoms with van der Waals surface area (Å²) in [4.78, 5) is 32.0. The topological polar surface area (TPSA) is 68.3 Å². The molecule has 0 N–H and O–H groups in total. The van der Waals surface area contributed by atoms with Crippen LogP contribution in [0.2, 0.25) is 0 Å². The molecule has 1 aliphatic heterocycles. The van der Waals surface area contributed by atoms with Gasteiger partial charge in [-0.15, -0.1) is 11.3 Å². The van der Waals surface area contributed by atoms with Crippen LogP contribution in [0.25, 0.3) is 21.3 Å². The minimum absolute atomic E-state index is 0.0199. The number of fused-ring (bicyclic) bond motifs is 2. The SMILES string of the molecule is O=C(CCn1c(=O)oc2ccccc21)N1CCCCC1c1nc2ccccc2s1. The van der Waals surface area contributed by atoms with Gasteiger partial charge in [0.25, 0.3) is 0 Å². The number of aryl methyl sites for hydroxylation is 1. The van der Waals surface area contributed by atoms with E-state index < -0.39 is 5.76 Å². The van der Waals surface area contributed by atoms with Crippen LogP contribution in [0.4, 0.5) is 0 Å². The van der Waals surface area contributed by atoms with Crippen molar-refractivity contribution in [1.82, 2.24) is 14.5 Å². The number of oxazole rings is 1. The first-order chi connectivity index (χ1) is 14.2. The molecule has 29 heavy (non-hydrogen) atoms. The second-order valence-corrected chi connectivity index (χ2v) is 8.42. The molecule has 6 nitrogen and oxygen atoms in total. The summed E-state index contributed by atoms with van der Waals surface area (Å²) in [6, 6.07) is 15.4. The lowest BCUT2D eigenvalue weighted by atomic mass is 10.0. The third kappa shape index (κ3) is 3.35. The molecule has 3 heterocycles. The van der Waals surface area contributed by atoms with E-state index in [1.807, 2.05) is 41.3 Å². The number of carbonyl (C=O) groups excluding carboxylic acids is 1. The minimum Gasteiger partial charge on any atom is -0.408 e. The number of para-hydroxylation sites is 3. The molecule has 0 radical (unpaired) electrons. The number of carbonyl (C=O) groups is 1. The average Bonchev–Trinajstić information content (AvgIpc) is 3.32. The molecule has 1 fully saturated rings. The Morgan fingerprint density at radius 1 is 1.14 bits per heavy atom. The smallest absolute Gasteiger partial charge is 0.408 e. The fraction of sp³-hybridized carbons (Fsp3) is 0.318. The number of rotatable bonds is 4. The van der Waals surface area contributed by atoms with Crippen LogP contribution in [-0.2, 0) is 11.3 Å². The summed E-state index contributed by atoms with van der Waals surface area (Å²) in [6.07, 6.45) is 3.29. The molecule has 0 bridgehead atoms. The van der Waals surface area contributed by atoms with Gasteiger partial charge >= 0.3 is 5.76 Å². The first-order valence-electron chi connectivity index (χ1n) is 9.94. The van der Waals surface area contributed by atoms with Gasteiger partial charge in [-0.2, -0.15) is 0 Å². The Morgan fingerprint density at radius 3 is 2.86 bits per heavy atom. The molecule has 1 amide bonds. The van der Waals surface area contributed by atoms with Crippen LogP contribution in [0.3, 0.4) is 0 Å². The third-order valence-corrected chi connectivity index (χ3v) is 6.68. The number of piperidine rings is 1. The molecule has 0 aliphatic carbocycles. The first kappa shape index (κ1) is 18.1. The molecule has 1 saturated heterocycles. The van der Waals surface area contributed by atoms with E-state index in [0.29, 0.717) is 12.1 Å². The molecule has 1 atom stereocenters. The molecule has 4 aromatic rings. The van der Waals surface area contributed by atoms with Crippen molar-refractivity contribution in [2.24, 2.45) is 0 Å². The van der Waals surface area contributed by atoms with E-state index in [2.05, 4.69) is 6.07 Å². The zero-order valence-electron chi connectivity index (χ0n) is 15.9. The Morgan fingerprint density at radius 2 is 1.97 bits per heavy atom. The van der Waals surface area contributed by atoms with Crippen LogP contribution in [0.5, 0.6) is 0 Å². The fourth-order valence-corrected chi connectivity index (χ4v) is 5.21. The van der Waals surface area contributed by atoms with Gasteiger partial charge in [0.05, 0.1) is 21.8 Å². The summed E-state index contributed by atoms with van der Waals surface area (Å²) in [5.74, 6) is -0.355. The minimum atomic E-state index is -0.416. The highest BCUT2D eigenvalue weighted by molar-refractivity contribution is 7.18. The highest BCUT2D eigenvalue weighted by atomic mass is 32.1. The van der Waals surface area contributed by atoms with Crippen LogP contribution >= 0.6 is 11.3 Å². The van der Waals surface area contributed by atoms with Gasteiger partial charge in [0, 0.05) is 19.5 Å². The number of benzene rings is 2. The average molecular weight is 407 g/mol. The monoisotopic (exact) mass is 407 g/mol. The maximum Gasteiger partial charge on any atom is 0.419 e. The van der Waals surface area contributed by atoms with Gasteiger partial charge in [0.15, 0.2) is 5.58 Å². The lowest BCUT2D eigenvalue weighted by molar-refractivity contribution is -0.135. The maximum atomic E-state index is 13.1. The van der Waals surface area contributed by atoms with E-state index in [1.54, 1.807) is 22.0 Å². The number of likely N-dealkylation sites (tertiary alicyclic amines) is 1. The quantitative estimate of drug-likeness (QED) is 0.504. The molecule has 2 aromatic carbocycles. The van der Waals surface area contributed by atoms with Gasteiger partial charge in [-0.3, -0.25) is 9.36 Å². The van der Waals surface area contributed by atoms with E-state index >= 15 is 0 Å². The number of thiazole rings is 1. The molecule has 0 spiro atoms. The Hall–Kier alpha value is -2.93. The van der Waals surface area contributed by atoms with Crippen molar-refractivity contribution in [3.8, 4) is 0 Å². The van der Waals surface area contributed by atoms with E-state index in [-0.39, 0.29) is 18.4 Å². The zero-order valence-corrected chi connectivity index (χ0v) is 16.7. The number of aromatic nitrogens is 2. The van der Waals surface area contributed by atoms with E-state index in [9.17, 15) is 9.59 Å². The normalized spacial score (nSPS) is 17.2. The van der Waals surface area contributed by atoms with Gasteiger partial charge in [0.2, 0.25) is 5.91 Å². The summed E-state index contributed by atoms with van der Waals surface area (Å²) >= 11 is 1.67. The van der Waals surface area contributed by atoms with Crippen LogP contribution in [-0.4, -0.2) is 26.9 Å². The Kier molecular flexibility index (Phi) is 4.67. The highest BCUT2D eigenvalue weighted by Gasteiger charge is 2.30. The van der Waals surface area contributed by atoms with Crippen molar-refractivity contribution in [3.05, 3.63) is 64.1 Å². The predicted octanol–water partition coefficient (Wildman–Crippen LogP) is 4.35. The van der Waals surface area contributed by atoms with Crippen molar-refractivity contribution in [2.45, 2.75) is 38.3 Å². The largest absolute Gasteiger partial charge is 0.419 e. The lowest BCUT2D eigenvalue weighted by Gasteiger charge is -2.34. The van der Waals surface area contributed by atoms with E-state index in [0.717, 1.165) is 46.5 Å². The predicted molar refractivity (Wildman–Crippen MR) is 113 cm³/mol. The second kappa shape index (κ2) is 7.48. The molecule has 0 saturated carbocycles. The summed E-state index contributed by atoms with van der Waals surface area (Å²) in [6.45, 7) is 1.05. The fourth-order valence-electron chi connectivity index (χ4n) is 4.10. The zero-order chi connectivity index (χ0) is 19.8. The summed E-state index contributed by atoms with van der Waals surface area (Å²) < 4.78 is 7.97. The number of hydrogen-bond donors (Lipinski definition) is 0. The molecule has 2 aromatic heterocycles. The van der Waals surface area contributed by atoms with Gasteiger partial charge in [0.1, 0.15) is 5.01 Å². The molecule has 1 unspecified atom stereocenters. The van der Waals surface area contributed by atoms with Crippen molar-refractivity contribution in [2.75, 3.05) is 6.54 Å². The van der Waals surface area contributed by atoms with Gasteiger partial charge in [-0.25, -0.2) is 9.78 Å². The maximum absolute atomic E-state index is 13.1. The van der Waals surface area contributed by atoms with Crippen LogP contribution in [0.1, 0.15) is 36.7 Å². The number of nitrogens with zero attached hydrogens (tertiary/aromatic N) is 3. The van der Waals surface area contributed by atoms with E-state index in [4.69, 9.17) is 9.40 Å². The second-order valence-electron chi connectivity index (χ2n) is 7.36. The molecular weight excluding hydrogens is 386 g/mol. The summed E-state index contributed by atoms with van der Waals surface area (Å²) in [7, 11) is 0. The standard InChI is InChI=1S/C22H21N3O3S/c26-20(12-14-25-16-8-2-3-10-18(16)28-22(25)27)24-13-6-5-9-17(24)21-23-15-7-1-4-11-19(15)29-21/h1-4,7-8,10-11,17H,5-6,9,12-14H2. The van der Waals surface area contributed by atoms with Crippen molar-refractivity contribution < 1.29 is 9.21 Å². The van der Waals surface area contributed by atoms with Crippen LogP contribution in [0, 0.1) is 0 Å². The molecule has 7 heteroatoms. The molecular formula is C22H21N3O3S. The Balaban J connectivity index is 1.37. The van der Waals surface area contributed by atoms with Gasteiger partial charge in [-0.05, 0) is 43.5 Å². The Bertz CT molecular complexity index is 1210. The first-order valence-corrected chi connectivity index (χ1v) is 10.8.